The number of aliphatic hydroxyl groups excluding tert-OH is 1. The van der Waals surface area contributed by atoms with E-state index in [1.54, 1.807) is 4.90 Å². The third-order valence-electron chi connectivity index (χ3n) is 7.99. The number of hydrogen-bond donors (Lipinski definition) is 4. The van der Waals surface area contributed by atoms with Gasteiger partial charge >= 0.3 is 6.18 Å². The maximum Gasteiger partial charge on any atom is 0.417 e. The summed E-state index contributed by atoms with van der Waals surface area (Å²) in [6.07, 6.45) is -2.69. The van der Waals surface area contributed by atoms with Crippen molar-refractivity contribution in [2.24, 2.45) is 5.92 Å². The highest BCUT2D eigenvalue weighted by atomic mass is 19.4. The molecule has 0 radical (unpaired) electrons. The standard InChI is InChI=1S/C31H39F5N8O.C2H6/c1-5-6-22-23-28(26(33)27(41-22)20-14-21(38)25(32)17(4)24(20)31(34,35)36)42-30(44-18(7-9-37)13-19(44)15-45)43-29(23)40-12-11-39-10-8-16(2)3;1-2/h14,16,18-19,39,45H,5-8,10-13,15,38H2,1-4H3,(H,40,42,43);1-2H3. The van der Waals surface area contributed by atoms with Gasteiger partial charge in [0.05, 0.1) is 47.5 Å². The molecule has 9 nitrogen and oxygen atoms in total. The molecule has 2 atom stereocenters. The van der Waals surface area contributed by atoms with E-state index in [-0.39, 0.29) is 53.9 Å². The van der Waals surface area contributed by atoms with Gasteiger partial charge in [-0.2, -0.15) is 23.4 Å². The maximum atomic E-state index is 16.6. The molecule has 1 fully saturated rings. The van der Waals surface area contributed by atoms with Crippen LogP contribution in [0.15, 0.2) is 6.07 Å². The number of nitrogens with one attached hydrogen (secondary N) is 2. The van der Waals surface area contributed by atoms with E-state index < -0.39 is 51.9 Å². The van der Waals surface area contributed by atoms with Crippen molar-refractivity contribution in [1.82, 2.24) is 20.3 Å². The van der Waals surface area contributed by atoms with Crippen molar-refractivity contribution in [2.75, 3.05) is 42.2 Å². The molecule has 0 bridgehead atoms. The molecule has 0 saturated carbocycles. The molecule has 0 aliphatic carbocycles. The highest BCUT2D eigenvalue weighted by Gasteiger charge is 2.41. The van der Waals surface area contributed by atoms with E-state index >= 15 is 4.39 Å². The second-order valence-electron chi connectivity index (χ2n) is 11.7. The van der Waals surface area contributed by atoms with E-state index in [1.165, 1.54) is 0 Å². The van der Waals surface area contributed by atoms with Crippen LogP contribution in [0.25, 0.3) is 22.2 Å². The molecule has 0 amide bonds. The zero-order valence-corrected chi connectivity index (χ0v) is 27.8. The van der Waals surface area contributed by atoms with Crippen molar-refractivity contribution in [2.45, 2.75) is 91.9 Å². The Morgan fingerprint density at radius 2 is 1.81 bits per heavy atom. The van der Waals surface area contributed by atoms with Crippen LogP contribution in [0.4, 0.5) is 39.4 Å². The quantitative estimate of drug-likeness (QED) is 0.0888. The zero-order chi connectivity index (χ0) is 35.1. The van der Waals surface area contributed by atoms with Crippen molar-refractivity contribution in [3.8, 4) is 17.3 Å². The number of halogens is 5. The van der Waals surface area contributed by atoms with Gasteiger partial charge in [0, 0.05) is 24.7 Å². The van der Waals surface area contributed by atoms with Gasteiger partial charge in [0.25, 0.3) is 0 Å². The second kappa shape index (κ2) is 16.3. The highest BCUT2D eigenvalue weighted by Crippen LogP contribution is 2.44. The van der Waals surface area contributed by atoms with Crippen LogP contribution in [0.3, 0.4) is 0 Å². The van der Waals surface area contributed by atoms with Gasteiger partial charge in [0.2, 0.25) is 5.95 Å². The zero-order valence-electron chi connectivity index (χ0n) is 27.8. The molecule has 5 N–H and O–H groups in total. The first-order chi connectivity index (χ1) is 22.3. The summed E-state index contributed by atoms with van der Waals surface area (Å²) in [6, 6.07) is 2.08. The summed E-state index contributed by atoms with van der Waals surface area (Å²) >= 11 is 0. The van der Waals surface area contributed by atoms with Gasteiger partial charge in [-0.15, -0.1) is 0 Å². The van der Waals surface area contributed by atoms with Gasteiger partial charge in [0.1, 0.15) is 22.8 Å². The molecule has 2 unspecified atom stereocenters. The number of rotatable bonds is 13. The summed E-state index contributed by atoms with van der Waals surface area (Å²) in [5.74, 6) is -1.62. The molecule has 1 aliphatic rings. The Balaban J connectivity index is 0.00000294. The SMILES string of the molecule is CC.CCCc1nc(-c2cc(N)c(F)c(C)c2C(F)(F)F)c(F)c2nc(N3C(CO)CC3CC#N)nc(NCCNCCC(C)C)c12. The lowest BCUT2D eigenvalue weighted by Gasteiger charge is -2.47. The number of aromatic nitrogens is 3. The second-order valence-corrected chi connectivity index (χ2v) is 11.7. The number of anilines is 3. The molecule has 0 spiro atoms. The van der Waals surface area contributed by atoms with Crippen molar-refractivity contribution in [3.63, 3.8) is 0 Å². The van der Waals surface area contributed by atoms with E-state index in [9.17, 15) is 27.9 Å². The lowest BCUT2D eigenvalue weighted by Crippen LogP contribution is -2.58. The van der Waals surface area contributed by atoms with E-state index in [2.05, 4.69) is 45.5 Å². The average Bonchev–Trinajstić information content (AvgIpc) is 3.00. The molecule has 1 aliphatic heterocycles. The highest BCUT2D eigenvalue weighted by molar-refractivity contribution is 5.95. The van der Waals surface area contributed by atoms with Crippen molar-refractivity contribution >= 4 is 28.4 Å². The fourth-order valence-electron chi connectivity index (χ4n) is 5.71. The fraction of sp³-hybridized carbons (Fsp3) is 0.576. The van der Waals surface area contributed by atoms with Gasteiger partial charge in [-0.05, 0) is 50.3 Å². The smallest absolute Gasteiger partial charge is 0.396 e. The maximum absolute atomic E-state index is 16.6. The van der Waals surface area contributed by atoms with Crippen LogP contribution in [0.1, 0.15) is 77.1 Å². The van der Waals surface area contributed by atoms with Crippen LogP contribution >= 0.6 is 0 Å². The van der Waals surface area contributed by atoms with E-state index in [4.69, 9.17) is 5.73 Å². The molecule has 3 aromatic rings. The topological polar surface area (TPSA) is 136 Å². The van der Waals surface area contributed by atoms with Gasteiger partial charge < -0.3 is 26.4 Å². The van der Waals surface area contributed by atoms with Gasteiger partial charge in [-0.1, -0.05) is 41.0 Å². The number of nitrogens with zero attached hydrogens (tertiary/aromatic N) is 5. The Morgan fingerprint density at radius 1 is 1.11 bits per heavy atom. The summed E-state index contributed by atoms with van der Waals surface area (Å²) in [5.41, 5.74) is 1.64. The molecule has 47 heavy (non-hydrogen) atoms. The number of nitrogens with two attached hydrogens (primary N) is 1. The molecular formula is C33H45F5N8O. The van der Waals surface area contributed by atoms with Crippen LogP contribution in [-0.4, -0.2) is 58.4 Å². The van der Waals surface area contributed by atoms with E-state index in [0.29, 0.717) is 31.8 Å². The Hall–Kier alpha value is -3.83. The minimum Gasteiger partial charge on any atom is -0.396 e. The average molecular weight is 665 g/mol. The molecular weight excluding hydrogens is 619 g/mol. The monoisotopic (exact) mass is 664 g/mol. The lowest BCUT2D eigenvalue weighted by molar-refractivity contribution is -0.137. The van der Waals surface area contributed by atoms with Crippen molar-refractivity contribution in [1.29, 1.82) is 5.26 Å². The van der Waals surface area contributed by atoms with Gasteiger partial charge in [-0.3, -0.25) is 0 Å². The van der Waals surface area contributed by atoms with Crippen molar-refractivity contribution in [3.05, 3.63) is 34.5 Å². The summed E-state index contributed by atoms with van der Waals surface area (Å²) in [7, 11) is 0. The predicted octanol–water partition coefficient (Wildman–Crippen LogP) is 6.76. The van der Waals surface area contributed by atoms with Crippen molar-refractivity contribution < 1.29 is 27.1 Å². The number of fused-ring (bicyclic) bond motifs is 1. The minimum absolute atomic E-state index is 0.0210. The third-order valence-corrected chi connectivity index (χ3v) is 7.99. The molecule has 2 aromatic heterocycles. The Labute approximate surface area is 272 Å². The van der Waals surface area contributed by atoms with E-state index in [1.807, 2.05) is 20.8 Å². The number of aliphatic hydroxyl groups is 1. The largest absolute Gasteiger partial charge is 0.417 e. The molecule has 14 heteroatoms. The van der Waals surface area contributed by atoms with Crippen LogP contribution in [0.2, 0.25) is 0 Å². The molecule has 1 saturated heterocycles. The molecule has 3 heterocycles. The number of nitrogen functional groups attached to an aromatic ring is 1. The molecule has 4 rings (SSSR count). The van der Waals surface area contributed by atoms with Crippen LogP contribution in [0, 0.1) is 35.8 Å². The molecule has 258 valence electrons. The van der Waals surface area contributed by atoms with Gasteiger partial charge in [-0.25, -0.2) is 18.7 Å². The Bertz CT molecular complexity index is 1570. The van der Waals surface area contributed by atoms with Gasteiger partial charge in [0.15, 0.2) is 5.82 Å². The normalized spacial score (nSPS) is 16.1. The minimum atomic E-state index is -5.04. The summed E-state index contributed by atoms with van der Waals surface area (Å²) in [4.78, 5) is 15.2. The summed E-state index contributed by atoms with van der Waals surface area (Å²) < 4.78 is 74.1. The first-order valence-electron chi connectivity index (χ1n) is 16.1. The number of benzene rings is 1. The predicted molar refractivity (Wildman–Crippen MR) is 175 cm³/mol. The first kappa shape index (κ1) is 37.6. The van der Waals surface area contributed by atoms with Crippen LogP contribution in [-0.2, 0) is 12.6 Å². The third kappa shape index (κ3) is 8.19. The fourth-order valence-corrected chi connectivity index (χ4v) is 5.71. The lowest BCUT2D eigenvalue weighted by atomic mass is 9.91. The Morgan fingerprint density at radius 3 is 2.40 bits per heavy atom. The Kier molecular flexibility index (Phi) is 13.1. The number of aryl methyl sites for hydroxylation is 1. The number of alkyl halides is 3. The van der Waals surface area contributed by atoms with Crippen LogP contribution in [0.5, 0.6) is 0 Å². The number of nitriles is 1. The number of pyridine rings is 1. The van der Waals surface area contributed by atoms with E-state index in [0.717, 1.165) is 26.0 Å². The molecule has 1 aromatic carbocycles. The van der Waals surface area contributed by atoms with Crippen LogP contribution < -0.4 is 21.3 Å². The first-order valence-corrected chi connectivity index (χ1v) is 16.1. The summed E-state index contributed by atoms with van der Waals surface area (Å²) in [5, 5.41) is 26.0. The number of hydrogen-bond acceptors (Lipinski definition) is 9. The summed E-state index contributed by atoms with van der Waals surface area (Å²) in [6.45, 7) is 12.5.